The average Bonchev–Trinajstić information content (AvgIpc) is 3.14. The summed E-state index contributed by atoms with van der Waals surface area (Å²) >= 11 is 8.63. The second-order valence-corrected chi connectivity index (χ2v) is 11.4. The summed E-state index contributed by atoms with van der Waals surface area (Å²) in [6, 6.07) is 30.9. The Hall–Kier alpha value is -3.58. The third-order valence-corrected chi connectivity index (χ3v) is 8.76. The first-order valence-electron chi connectivity index (χ1n) is 13.1. The lowest BCUT2D eigenvalue weighted by atomic mass is 9.99. The Morgan fingerprint density at radius 2 is 1.64 bits per heavy atom. The van der Waals surface area contributed by atoms with Gasteiger partial charge in [-0.05, 0) is 47.0 Å². The number of fused-ring (bicyclic) bond motifs is 2. The molecule has 1 atom stereocenters. The largest absolute Gasteiger partial charge is 0.322 e. The number of nitrogens with zero attached hydrogens (tertiary/aromatic N) is 2. The van der Waals surface area contributed by atoms with Crippen molar-refractivity contribution in [3.8, 4) is 11.1 Å². The fourth-order valence-electron chi connectivity index (χ4n) is 5.35. The monoisotopic (exact) mass is 553 g/mol. The average molecular weight is 554 g/mol. The highest BCUT2D eigenvalue weighted by Crippen LogP contribution is 2.33. The van der Waals surface area contributed by atoms with Gasteiger partial charge in [0.15, 0.2) is 0 Å². The quantitative estimate of drug-likeness (QED) is 0.301. The maximum atomic E-state index is 13.9. The molecule has 2 heterocycles. The molecule has 2 amide bonds. The number of anilines is 2. The van der Waals surface area contributed by atoms with E-state index in [1.807, 2.05) is 83.4 Å². The lowest BCUT2D eigenvalue weighted by molar-refractivity contribution is 0.0978. The first kappa shape index (κ1) is 25.7. The number of rotatable bonds is 4. The number of thioether (sulfide) groups is 1. The van der Waals surface area contributed by atoms with Gasteiger partial charge in [-0.25, -0.2) is 0 Å². The van der Waals surface area contributed by atoms with E-state index in [4.69, 9.17) is 11.6 Å². The van der Waals surface area contributed by atoms with Gasteiger partial charge in [0.2, 0.25) is 0 Å². The van der Waals surface area contributed by atoms with Crippen molar-refractivity contribution in [2.75, 3.05) is 34.8 Å². The molecule has 2 aliphatic rings. The molecule has 1 fully saturated rings. The summed E-state index contributed by atoms with van der Waals surface area (Å²) in [5.41, 5.74) is 5.43. The predicted octanol–water partition coefficient (Wildman–Crippen LogP) is 6.84. The SMILES string of the molecule is O=C(Nc1ccc(C(=O)N2CC3CSCCN3Cc3ccccc32)c(Cl)c1)c1ccccc1-c1ccccc1. The lowest BCUT2D eigenvalue weighted by Gasteiger charge is -2.35. The summed E-state index contributed by atoms with van der Waals surface area (Å²) in [5, 5.41) is 3.27. The van der Waals surface area contributed by atoms with Gasteiger partial charge in [-0.1, -0.05) is 78.3 Å². The Kier molecular flexibility index (Phi) is 7.42. The summed E-state index contributed by atoms with van der Waals surface area (Å²) in [5.74, 6) is 1.75. The van der Waals surface area contributed by atoms with Gasteiger partial charge in [0.25, 0.3) is 11.8 Å². The Labute approximate surface area is 237 Å². The van der Waals surface area contributed by atoms with Crippen molar-refractivity contribution in [2.24, 2.45) is 0 Å². The van der Waals surface area contributed by atoms with Gasteiger partial charge in [0, 0.05) is 54.1 Å². The van der Waals surface area contributed by atoms with Crippen molar-refractivity contribution in [1.82, 2.24) is 4.90 Å². The number of carbonyl (C=O) groups excluding carboxylic acids is 2. The molecule has 5 nitrogen and oxygen atoms in total. The molecular weight excluding hydrogens is 526 g/mol. The molecule has 0 bridgehead atoms. The van der Waals surface area contributed by atoms with Crippen molar-refractivity contribution in [1.29, 1.82) is 0 Å². The highest BCUT2D eigenvalue weighted by Gasteiger charge is 2.33. The van der Waals surface area contributed by atoms with E-state index in [9.17, 15) is 9.59 Å². The zero-order valence-corrected chi connectivity index (χ0v) is 22.9. The van der Waals surface area contributed by atoms with Crippen LogP contribution < -0.4 is 10.2 Å². The number of hydrogen-bond acceptors (Lipinski definition) is 4. The second kappa shape index (κ2) is 11.3. The van der Waals surface area contributed by atoms with Crippen LogP contribution in [0, 0.1) is 0 Å². The van der Waals surface area contributed by atoms with E-state index in [0.717, 1.165) is 47.0 Å². The molecule has 1 saturated heterocycles. The number of halogens is 1. The van der Waals surface area contributed by atoms with E-state index < -0.39 is 0 Å². The molecule has 4 aromatic carbocycles. The highest BCUT2D eigenvalue weighted by molar-refractivity contribution is 7.99. The van der Waals surface area contributed by atoms with Crippen LogP contribution >= 0.6 is 23.4 Å². The molecule has 0 saturated carbocycles. The number of amides is 2. The zero-order valence-electron chi connectivity index (χ0n) is 21.3. The van der Waals surface area contributed by atoms with Gasteiger partial charge in [0.1, 0.15) is 0 Å². The second-order valence-electron chi connectivity index (χ2n) is 9.80. The van der Waals surface area contributed by atoms with Crippen LogP contribution in [0.3, 0.4) is 0 Å². The van der Waals surface area contributed by atoms with Gasteiger partial charge in [-0.15, -0.1) is 0 Å². The summed E-state index contributed by atoms with van der Waals surface area (Å²) in [4.78, 5) is 31.5. The van der Waals surface area contributed by atoms with Crippen molar-refractivity contribution in [3.63, 3.8) is 0 Å². The lowest BCUT2D eigenvalue weighted by Crippen LogP contribution is -2.48. The minimum Gasteiger partial charge on any atom is -0.322 e. The van der Waals surface area contributed by atoms with Crippen LogP contribution in [0.25, 0.3) is 11.1 Å². The molecule has 7 heteroatoms. The molecule has 1 unspecified atom stereocenters. The molecule has 0 aliphatic carbocycles. The van der Waals surface area contributed by atoms with Crippen LogP contribution in [-0.2, 0) is 6.54 Å². The van der Waals surface area contributed by atoms with Gasteiger partial charge >= 0.3 is 0 Å². The van der Waals surface area contributed by atoms with E-state index in [-0.39, 0.29) is 11.8 Å². The van der Waals surface area contributed by atoms with Crippen LogP contribution in [0.4, 0.5) is 11.4 Å². The number of benzene rings is 4. The Morgan fingerprint density at radius 3 is 2.49 bits per heavy atom. The molecule has 196 valence electrons. The van der Waals surface area contributed by atoms with Crippen LogP contribution in [0.5, 0.6) is 0 Å². The van der Waals surface area contributed by atoms with E-state index in [2.05, 4.69) is 16.3 Å². The van der Waals surface area contributed by atoms with E-state index >= 15 is 0 Å². The minimum atomic E-state index is -0.235. The molecule has 0 radical (unpaired) electrons. The van der Waals surface area contributed by atoms with Gasteiger partial charge in [0.05, 0.1) is 10.6 Å². The molecule has 1 N–H and O–H groups in total. The van der Waals surface area contributed by atoms with Gasteiger partial charge in [-0.3, -0.25) is 14.5 Å². The summed E-state index contributed by atoms with van der Waals surface area (Å²) in [6.45, 7) is 2.48. The fourth-order valence-corrected chi connectivity index (χ4v) is 6.73. The molecule has 0 aromatic heterocycles. The van der Waals surface area contributed by atoms with Crippen molar-refractivity contribution < 1.29 is 9.59 Å². The topological polar surface area (TPSA) is 52.7 Å². The molecule has 0 spiro atoms. The summed E-state index contributed by atoms with van der Waals surface area (Å²) in [7, 11) is 0. The maximum Gasteiger partial charge on any atom is 0.259 e. The standard InChI is InChI=1S/C32H28ClN3O2S/c33-29-18-24(34-31(37)27-12-6-5-11-26(27)22-8-2-1-3-9-22)14-15-28(29)32(38)36-20-25-21-39-17-16-35(25)19-23-10-4-7-13-30(23)36/h1-15,18,25H,16-17,19-21H2,(H,34,37). The summed E-state index contributed by atoms with van der Waals surface area (Å²) < 4.78 is 0. The number of carbonyl (C=O) groups is 2. The first-order valence-corrected chi connectivity index (χ1v) is 14.6. The van der Waals surface area contributed by atoms with E-state index in [0.29, 0.717) is 34.4 Å². The van der Waals surface area contributed by atoms with Crippen molar-refractivity contribution in [3.05, 3.63) is 119 Å². The Morgan fingerprint density at radius 1 is 0.872 bits per heavy atom. The van der Waals surface area contributed by atoms with Gasteiger partial charge < -0.3 is 10.2 Å². The fraction of sp³-hybridized carbons (Fsp3) is 0.188. The van der Waals surface area contributed by atoms with E-state index in [1.54, 1.807) is 24.3 Å². The van der Waals surface area contributed by atoms with E-state index in [1.165, 1.54) is 0 Å². The van der Waals surface area contributed by atoms with Crippen LogP contribution in [0.15, 0.2) is 97.1 Å². The number of para-hydroxylation sites is 1. The molecule has 4 aromatic rings. The number of hydrogen-bond donors (Lipinski definition) is 1. The normalized spacial score (nSPS) is 17.1. The first-order chi connectivity index (χ1) is 19.1. The third kappa shape index (κ3) is 5.33. The Bertz CT molecular complexity index is 1530. The molecular formula is C32H28ClN3O2S. The predicted molar refractivity (Wildman–Crippen MR) is 161 cm³/mol. The highest BCUT2D eigenvalue weighted by atomic mass is 35.5. The van der Waals surface area contributed by atoms with Crippen LogP contribution in [0.1, 0.15) is 26.3 Å². The van der Waals surface area contributed by atoms with Crippen molar-refractivity contribution in [2.45, 2.75) is 12.6 Å². The molecule has 2 aliphatic heterocycles. The number of nitrogens with one attached hydrogen (secondary N) is 1. The van der Waals surface area contributed by atoms with Crippen molar-refractivity contribution >= 4 is 46.6 Å². The molecule has 39 heavy (non-hydrogen) atoms. The smallest absolute Gasteiger partial charge is 0.259 e. The minimum absolute atomic E-state index is 0.128. The third-order valence-electron chi connectivity index (χ3n) is 7.36. The zero-order chi connectivity index (χ0) is 26.8. The van der Waals surface area contributed by atoms with Gasteiger partial charge in [-0.2, -0.15) is 11.8 Å². The molecule has 6 rings (SSSR count). The summed E-state index contributed by atoms with van der Waals surface area (Å²) in [6.07, 6.45) is 0. The maximum absolute atomic E-state index is 13.9. The van der Waals surface area contributed by atoms with Crippen LogP contribution in [0.2, 0.25) is 5.02 Å². The van der Waals surface area contributed by atoms with Crippen LogP contribution in [-0.4, -0.2) is 47.4 Å². The Balaban J connectivity index is 1.25.